The molecular weight excluding hydrogens is 420 g/mol. The second-order valence-corrected chi connectivity index (χ2v) is 10.1. The Morgan fingerprint density at radius 1 is 0.969 bits per heavy atom. The molecule has 2 aromatic carbocycles. The summed E-state index contributed by atoms with van der Waals surface area (Å²) in [6.07, 6.45) is 5.84. The summed E-state index contributed by atoms with van der Waals surface area (Å²) in [4.78, 5) is 16.8. The number of piperazine rings is 1. The minimum Gasteiger partial charge on any atom is -0.396 e. The topological polar surface area (TPSA) is 61.6 Å². The Labute approximate surface area is 195 Å². The van der Waals surface area contributed by atoms with Gasteiger partial charge < -0.3 is 16.0 Å². The van der Waals surface area contributed by atoms with E-state index in [4.69, 9.17) is 17.3 Å². The number of hydrogen-bond donors (Lipinski definition) is 2. The summed E-state index contributed by atoms with van der Waals surface area (Å²) in [5.74, 6) is 1.80. The second-order valence-electron chi connectivity index (χ2n) is 9.71. The first-order valence-electron chi connectivity index (χ1n) is 12.0. The molecule has 1 heterocycles. The normalized spacial score (nSPS) is 19.2. The van der Waals surface area contributed by atoms with Gasteiger partial charge in [-0.1, -0.05) is 41.9 Å². The molecule has 0 spiro atoms. The average Bonchev–Trinajstić information content (AvgIpc) is 3.72. The fraction of sp³-hybridized carbons (Fsp3) is 0.500. The van der Waals surface area contributed by atoms with E-state index in [9.17, 15) is 4.79 Å². The first-order valence-corrected chi connectivity index (χ1v) is 12.4. The van der Waals surface area contributed by atoms with Crippen LogP contribution in [0.25, 0.3) is 11.1 Å². The number of nitrogens with zero attached hydrogens (tertiary/aromatic N) is 2. The number of carbonyl (C=O) groups is 1. The van der Waals surface area contributed by atoms with E-state index in [0.29, 0.717) is 22.5 Å². The molecule has 2 aromatic rings. The maximum absolute atomic E-state index is 12.3. The van der Waals surface area contributed by atoms with Crippen molar-refractivity contribution in [3.8, 4) is 11.1 Å². The van der Waals surface area contributed by atoms with Crippen molar-refractivity contribution in [3.63, 3.8) is 0 Å². The minimum absolute atomic E-state index is 0.349. The van der Waals surface area contributed by atoms with Crippen LogP contribution in [0.1, 0.15) is 37.7 Å². The van der Waals surface area contributed by atoms with Gasteiger partial charge in [0.15, 0.2) is 0 Å². The average molecular weight is 453 g/mol. The highest BCUT2D eigenvalue weighted by atomic mass is 35.5. The third-order valence-corrected chi connectivity index (χ3v) is 7.42. The SMILES string of the molecule is Nc1c(NCC2CC2)ccc(-c2ccc(CN3CCN(C(=O)CC4CC4)CC3)cc2)c1Cl. The van der Waals surface area contributed by atoms with E-state index in [1.807, 2.05) is 11.0 Å². The zero-order chi connectivity index (χ0) is 22.1. The molecule has 2 saturated carbocycles. The van der Waals surface area contributed by atoms with Crippen molar-refractivity contribution in [2.45, 2.75) is 38.6 Å². The lowest BCUT2D eigenvalue weighted by Crippen LogP contribution is -2.48. The monoisotopic (exact) mass is 452 g/mol. The zero-order valence-electron chi connectivity index (χ0n) is 18.7. The quantitative estimate of drug-likeness (QED) is 0.562. The van der Waals surface area contributed by atoms with Gasteiger partial charge in [0.25, 0.3) is 0 Å². The first-order chi connectivity index (χ1) is 15.6. The number of hydrogen-bond acceptors (Lipinski definition) is 4. The Morgan fingerprint density at radius 2 is 1.66 bits per heavy atom. The van der Waals surface area contributed by atoms with Gasteiger partial charge in [-0.15, -0.1) is 0 Å². The van der Waals surface area contributed by atoms with Crippen molar-refractivity contribution < 1.29 is 4.79 Å². The molecule has 1 aliphatic heterocycles. The van der Waals surface area contributed by atoms with Crippen LogP contribution >= 0.6 is 11.6 Å². The van der Waals surface area contributed by atoms with E-state index >= 15 is 0 Å². The molecule has 1 saturated heterocycles. The van der Waals surface area contributed by atoms with Gasteiger partial charge in [-0.2, -0.15) is 0 Å². The van der Waals surface area contributed by atoms with E-state index in [-0.39, 0.29) is 0 Å². The van der Waals surface area contributed by atoms with Crippen molar-refractivity contribution in [1.29, 1.82) is 0 Å². The lowest BCUT2D eigenvalue weighted by atomic mass is 10.0. The summed E-state index contributed by atoms with van der Waals surface area (Å²) in [5, 5.41) is 4.05. The highest BCUT2D eigenvalue weighted by molar-refractivity contribution is 6.36. The van der Waals surface area contributed by atoms with Gasteiger partial charge in [-0.05, 0) is 54.7 Å². The van der Waals surface area contributed by atoms with Crippen LogP contribution in [0.15, 0.2) is 36.4 Å². The lowest BCUT2D eigenvalue weighted by molar-refractivity contribution is -0.133. The largest absolute Gasteiger partial charge is 0.396 e. The number of benzene rings is 2. The number of rotatable bonds is 8. The first kappa shape index (κ1) is 21.6. The number of halogens is 1. The van der Waals surface area contributed by atoms with Gasteiger partial charge in [-0.25, -0.2) is 0 Å². The van der Waals surface area contributed by atoms with Crippen molar-refractivity contribution >= 4 is 28.9 Å². The third-order valence-electron chi connectivity index (χ3n) is 7.01. The predicted octanol–water partition coefficient (Wildman–Crippen LogP) is 4.86. The van der Waals surface area contributed by atoms with Crippen LogP contribution in [0.3, 0.4) is 0 Å². The number of nitrogen functional groups attached to an aromatic ring is 1. The van der Waals surface area contributed by atoms with Crippen molar-refractivity contribution in [2.75, 3.05) is 43.8 Å². The van der Waals surface area contributed by atoms with Gasteiger partial charge in [0.2, 0.25) is 5.91 Å². The molecular formula is C26H33ClN4O. The molecule has 0 unspecified atom stereocenters. The minimum atomic E-state index is 0.349. The Bertz CT molecular complexity index is 961. The van der Waals surface area contributed by atoms with Gasteiger partial charge in [-0.3, -0.25) is 9.69 Å². The Balaban J connectivity index is 1.16. The Hall–Kier alpha value is -2.24. The Morgan fingerprint density at radius 3 is 2.31 bits per heavy atom. The second kappa shape index (κ2) is 9.32. The van der Waals surface area contributed by atoms with Gasteiger partial charge in [0, 0.05) is 51.3 Å². The van der Waals surface area contributed by atoms with E-state index in [1.54, 1.807) is 0 Å². The van der Waals surface area contributed by atoms with Crippen molar-refractivity contribution in [3.05, 3.63) is 47.0 Å². The zero-order valence-corrected chi connectivity index (χ0v) is 19.4. The highest BCUT2D eigenvalue weighted by Crippen LogP contribution is 2.38. The molecule has 5 rings (SSSR count). The summed E-state index contributed by atoms with van der Waals surface area (Å²) in [5.41, 5.74) is 11.2. The maximum atomic E-state index is 12.3. The summed E-state index contributed by atoms with van der Waals surface area (Å²) in [7, 11) is 0. The fourth-order valence-corrected chi connectivity index (χ4v) is 4.72. The van der Waals surface area contributed by atoms with Crippen LogP contribution in [0.4, 0.5) is 11.4 Å². The Kier molecular flexibility index (Phi) is 6.29. The van der Waals surface area contributed by atoms with Crippen LogP contribution in [0, 0.1) is 11.8 Å². The summed E-state index contributed by atoms with van der Waals surface area (Å²) in [6.45, 7) is 5.45. The molecule has 0 atom stereocenters. The van der Waals surface area contributed by atoms with E-state index < -0.39 is 0 Å². The van der Waals surface area contributed by atoms with Crippen LogP contribution < -0.4 is 11.1 Å². The standard InChI is InChI=1S/C26H33ClN4O/c27-25-22(9-10-23(26(25)28)29-16-19-3-4-19)21-7-5-20(6-8-21)17-30-11-13-31(14-12-30)24(32)15-18-1-2-18/h5-10,18-19,29H,1-4,11-17,28H2. The molecule has 32 heavy (non-hydrogen) atoms. The number of nitrogens with one attached hydrogen (secondary N) is 1. The number of anilines is 2. The van der Waals surface area contributed by atoms with E-state index in [1.165, 1.54) is 31.2 Å². The van der Waals surface area contributed by atoms with Gasteiger partial charge in [0.1, 0.15) is 0 Å². The molecule has 0 bridgehead atoms. The lowest BCUT2D eigenvalue weighted by Gasteiger charge is -2.35. The van der Waals surface area contributed by atoms with Gasteiger partial charge in [0.05, 0.1) is 16.4 Å². The number of nitrogens with two attached hydrogens (primary N) is 1. The summed E-state index contributed by atoms with van der Waals surface area (Å²) < 4.78 is 0. The third kappa shape index (κ3) is 5.21. The highest BCUT2D eigenvalue weighted by Gasteiger charge is 2.28. The molecule has 0 aromatic heterocycles. The number of carbonyl (C=O) groups excluding carboxylic acids is 1. The molecule has 1 amide bonds. The summed E-state index contributed by atoms with van der Waals surface area (Å²) >= 11 is 6.63. The molecule has 3 fully saturated rings. The summed E-state index contributed by atoms with van der Waals surface area (Å²) in [6, 6.07) is 12.7. The van der Waals surface area contributed by atoms with Crippen molar-refractivity contribution in [2.24, 2.45) is 11.8 Å². The maximum Gasteiger partial charge on any atom is 0.222 e. The van der Waals surface area contributed by atoms with E-state index in [2.05, 4.69) is 40.5 Å². The fourth-order valence-electron chi connectivity index (χ4n) is 4.45. The number of amides is 1. The molecule has 0 radical (unpaired) electrons. The van der Waals surface area contributed by atoms with Crippen LogP contribution in [-0.4, -0.2) is 48.4 Å². The molecule has 6 heteroatoms. The molecule has 3 N–H and O–H groups in total. The molecule has 170 valence electrons. The molecule has 5 nitrogen and oxygen atoms in total. The molecule has 3 aliphatic rings. The van der Waals surface area contributed by atoms with Crippen LogP contribution in [0.2, 0.25) is 5.02 Å². The smallest absolute Gasteiger partial charge is 0.222 e. The van der Waals surface area contributed by atoms with Crippen molar-refractivity contribution in [1.82, 2.24) is 9.80 Å². The van der Waals surface area contributed by atoms with Gasteiger partial charge >= 0.3 is 0 Å². The van der Waals surface area contributed by atoms with E-state index in [0.717, 1.165) is 68.4 Å². The van der Waals surface area contributed by atoms with Crippen LogP contribution in [-0.2, 0) is 11.3 Å². The van der Waals surface area contributed by atoms with Crippen LogP contribution in [0.5, 0.6) is 0 Å². The molecule has 2 aliphatic carbocycles. The predicted molar refractivity (Wildman–Crippen MR) is 132 cm³/mol.